The molecule has 1 fully saturated rings. The van der Waals surface area contributed by atoms with E-state index in [1.165, 1.54) is 36.9 Å². The number of amides is 1. The molecule has 4 rings (SSSR count). The fourth-order valence-electron chi connectivity index (χ4n) is 4.50. The van der Waals surface area contributed by atoms with Crippen LogP contribution in [0.4, 0.5) is 0 Å². The van der Waals surface area contributed by atoms with Gasteiger partial charge in [0.15, 0.2) is 0 Å². The third-order valence-electron chi connectivity index (χ3n) is 5.96. The average molecular weight is 356 g/mol. The molecule has 1 aliphatic carbocycles. The van der Waals surface area contributed by atoms with Crippen LogP contribution in [0, 0.1) is 0 Å². The monoisotopic (exact) mass is 356 g/mol. The number of carbonyl (C=O) groups excluding carboxylic acids is 1. The Kier molecular flexibility index (Phi) is 4.85. The molecule has 1 amide bonds. The maximum atomic E-state index is 12.1. The highest BCUT2D eigenvalue weighted by Crippen LogP contribution is 2.34. The van der Waals surface area contributed by atoms with E-state index < -0.39 is 0 Å². The number of fused-ring (bicyclic) bond motifs is 1. The lowest BCUT2D eigenvalue weighted by Crippen LogP contribution is -2.34. The minimum Gasteiger partial charge on any atom is -0.361 e. The van der Waals surface area contributed by atoms with Crippen LogP contribution < -0.4 is 5.32 Å². The molecule has 1 aliphatic heterocycles. The summed E-state index contributed by atoms with van der Waals surface area (Å²) >= 11 is 0. The SMILES string of the molecule is CNC(=O)c1ccc([C@H]2CCCCN2Cc2noc3c2CCCC3)n1C. The summed E-state index contributed by atoms with van der Waals surface area (Å²) in [5.41, 5.74) is 4.39. The summed E-state index contributed by atoms with van der Waals surface area (Å²) in [7, 11) is 3.67. The van der Waals surface area contributed by atoms with E-state index in [2.05, 4.69) is 21.4 Å². The van der Waals surface area contributed by atoms with Gasteiger partial charge in [0.05, 0.1) is 6.04 Å². The molecular weight excluding hydrogens is 328 g/mol. The van der Waals surface area contributed by atoms with E-state index in [1.807, 2.05) is 17.7 Å². The molecule has 2 aromatic heterocycles. The average Bonchev–Trinajstić information content (AvgIpc) is 3.26. The van der Waals surface area contributed by atoms with Crippen LogP contribution in [0.25, 0.3) is 0 Å². The van der Waals surface area contributed by atoms with Crippen LogP contribution in [0.2, 0.25) is 0 Å². The smallest absolute Gasteiger partial charge is 0.267 e. The number of piperidine rings is 1. The molecule has 2 aromatic rings. The van der Waals surface area contributed by atoms with E-state index in [0.29, 0.717) is 11.7 Å². The van der Waals surface area contributed by atoms with Gasteiger partial charge in [-0.15, -0.1) is 0 Å². The van der Waals surface area contributed by atoms with Crippen molar-refractivity contribution in [1.29, 1.82) is 0 Å². The molecular formula is C20H28N4O2. The lowest BCUT2D eigenvalue weighted by Gasteiger charge is -2.36. The molecule has 3 heterocycles. The molecule has 0 saturated carbocycles. The number of likely N-dealkylation sites (tertiary alicyclic amines) is 1. The number of rotatable bonds is 4. The third kappa shape index (κ3) is 3.07. The van der Waals surface area contributed by atoms with Crippen molar-refractivity contribution in [2.45, 2.75) is 57.5 Å². The molecule has 1 N–H and O–H groups in total. The van der Waals surface area contributed by atoms with E-state index in [-0.39, 0.29) is 5.91 Å². The second-order valence-electron chi connectivity index (χ2n) is 7.50. The van der Waals surface area contributed by atoms with E-state index >= 15 is 0 Å². The van der Waals surface area contributed by atoms with Gasteiger partial charge in [0.25, 0.3) is 5.91 Å². The largest absolute Gasteiger partial charge is 0.361 e. The molecule has 1 saturated heterocycles. The second kappa shape index (κ2) is 7.27. The Hall–Kier alpha value is -2.08. The zero-order chi connectivity index (χ0) is 18.1. The highest BCUT2D eigenvalue weighted by atomic mass is 16.5. The van der Waals surface area contributed by atoms with E-state index in [0.717, 1.165) is 43.8 Å². The molecule has 0 radical (unpaired) electrons. The van der Waals surface area contributed by atoms with Crippen LogP contribution >= 0.6 is 0 Å². The number of hydrogen-bond donors (Lipinski definition) is 1. The summed E-state index contributed by atoms with van der Waals surface area (Å²) in [4.78, 5) is 14.6. The van der Waals surface area contributed by atoms with Crippen molar-refractivity contribution in [3.05, 3.63) is 40.5 Å². The Labute approximate surface area is 154 Å². The molecule has 0 aromatic carbocycles. The summed E-state index contributed by atoms with van der Waals surface area (Å²) in [5.74, 6) is 1.06. The Balaban J connectivity index is 1.58. The van der Waals surface area contributed by atoms with Crippen LogP contribution in [0.1, 0.15) is 71.3 Å². The molecule has 2 aliphatic rings. The van der Waals surface area contributed by atoms with Crippen LogP contribution in [-0.2, 0) is 26.4 Å². The zero-order valence-corrected chi connectivity index (χ0v) is 15.8. The molecule has 140 valence electrons. The molecule has 6 heteroatoms. The number of aromatic nitrogens is 2. The van der Waals surface area contributed by atoms with Crippen molar-refractivity contribution in [2.75, 3.05) is 13.6 Å². The van der Waals surface area contributed by atoms with E-state index in [1.54, 1.807) is 7.05 Å². The number of nitrogens with zero attached hydrogens (tertiary/aromatic N) is 3. The third-order valence-corrected chi connectivity index (χ3v) is 5.96. The van der Waals surface area contributed by atoms with Crippen molar-refractivity contribution in [2.24, 2.45) is 7.05 Å². The predicted octanol–water partition coefficient (Wildman–Crippen LogP) is 2.98. The van der Waals surface area contributed by atoms with Crippen molar-refractivity contribution >= 4 is 5.91 Å². The summed E-state index contributed by atoms with van der Waals surface area (Å²) < 4.78 is 7.65. The molecule has 1 atom stereocenters. The van der Waals surface area contributed by atoms with Crippen LogP contribution in [0.3, 0.4) is 0 Å². The molecule has 6 nitrogen and oxygen atoms in total. The fourth-order valence-corrected chi connectivity index (χ4v) is 4.50. The lowest BCUT2D eigenvalue weighted by atomic mass is 9.95. The van der Waals surface area contributed by atoms with E-state index in [9.17, 15) is 4.79 Å². The summed E-state index contributed by atoms with van der Waals surface area (Å²) in [6.45, 7) is 1.90. The fraction of sp³-hybridized carbons (Fsp3) is 0.600. The number of hydrogen-bond acceptors (Lipinski definition) is 4. The molecule has 0 bridgehead atoms. The van der Waals surface area contributed by atoms with Gasteiger partial charge >= 0.3 is 0 Å². The van der Waals surface area contributed by atoms with Crippen LogP contribution in [0.15, 0.2) is 16.7 Å². The van der Waals surface area contributed by atoms with Gasteiger partial charge in [-0.25, -0.2) is 0 Å². The normalized spacial score (nSPS) is 20.8. The zero-order valence-electron chi connectivity index (χ0n) is 15.8. The molecule has 26 heavy (non-hydrogen) atoms. The maximum absolute atomic E-state index is 12.1. The Morgan fingerprint density at radius 2 is 2.12 bits per heavy atom. The van der Waals surface area contributed by atoms with E-state index in [4.69, 9.17) is 4.52 Å². The highest BCUT2D eigenvalue weighted by Gasteiger charge is 2.29. The first-order chi connectivity index (χ1) is 12.7. The summed E-state index contributed by atoms with van der Waals surface area (Å²) in [5, 5.41) is 7.13. The summed E-state index contributed by atoms with van der Waals surface area (Å²) in [6, 6.07) is 4.35. The first-order valence-electron chi connectivity index (χ1n) is 9.77. The maximum Gasteiger partial charge on any atom is 0.267 e. The first-order valence-corrected chi connectivity index (χ1v) is 9.77. The van der Waals surface area contributed by atoms with Crippen LogP contribution in [-0.4, -0.2) is 34.1 Å². The number of aryl methyl sites for hydroxylation is 1. The number of nitrogens with one attached hydrogen (secondary N) is 1. The number of carbonyl (C=O) groups is 1. The topological polar surface area (TPSA) is 63.3 Å². The predicted molar refractivity (Wildman–Crippen MR) is 99.0 cm³/mol. The van der Waals surface area contributed by atoms with Crippen molar-refractivity contribution in [3.8, 4) is 0 Å². The Morgan fingerprint density at radius 3 is 2.96 bits per heavy atom. The minimum atomic E-state index is -0.0355. The molecule has 0 unspecified atom stereocenters. The highest BCUT2D eigenvalue weighted by molar-refractivity contribution is 5.92. The van der Waals surface area contributed by atoms with Crippen molar-refractivity contribution in [1.82, 2.24) is 19.9 Å². The first kappa shape index (κ1) is 17.3. The van der Waals surface area contributed by atoms with Crippen molar-refractivity contribution in [3.63, 3.8) is 0 Å². The van der Waals surface area contributed by atoms with Gasteiger partial charge in [-0.05, 0) is 50.8 Å². The quantitative estimate of drug-likeness (QED) is 0.915. The van der Waals surface area contributed by atoms with Gasteiger partial charge in [-0.3, -0.25) is 9.69 Å². The Morgan fingerprint density at radius 1 is 1.27 bits per heavy atom. The summed E-state index contributed by atoms with van der Waals surface area (Å²) in [6.07, 6.45) is 8.11. The van der Waals surface area contributed by atoms with Gasteiger partial charge in [-0.2, -0.15) is 0 Å². The van der Waals surface area contributed by atoms with Crippen molar-refractivity contribution < 1.29 is 9.32 Å². The van der Waals surface area contributed by atoms with Gasteiger partial charge in [-0.1, -0.05) is 11.6 Å². The van der Waals surface area contributed by atoms with Gasteiger partial charge in [0, 0.05) is 38.3 Å². The lowest BCUT2D eigenvalue weighted by molar-refractivity contribution is 0.0952. The van der Waals surface area contributed by atoms with Gasteiger partial charge < -0.3 is 14.4 Å². The second-order valence-corrected chi connectivity index (χ2v) is 7.50. The van der Waals surface area contributed by atoms with Crippen LogP contribution in [0.5, 0.6) is 0 Å². The minimum absolute atomic E-state index is 0.0355. The molecule has 0 spiro atoms. The standard InChI is InChI=1S/C20H28N4O2/c1-21-20(25)18-11-10-16(23(18)2)17-8-5-6-12-24(17)13-15-14-7-3-4-9-19(14)26-22-15/h10-11,17H,3-9,12-13H2,1-2H3,(H,21,25)/t17-/m1/s1. The van der Waals surface area contributed by atoms with Gasteiger partial charge in [0.1, 0.15) is 17.1 Å². The van der Waals surface area contributed by atoms with Gasteiger partial charge in [0.2, 0.25) is 0 Å². The Bertz CT molecular complexity index is 792.